The van der Waals surface area contributed by atoms with E-state index >= 15 is 0 Å². The molecule has 5 rings (SSSR count). The number of esters is 1. The van der Waals surface area contributed by atoms with Gasteiger partial charge in [-0.2, -0.15) is 0 Å². The van der Waals surface area contributed by atoms with Gasteiger partial charge in [-0.1, -0.05) is 65.9 Å². The smallest absolute Gasteiger partial charge is 0.338 e. The van der Waals surface area contributed by atoms with E-state index in [9.17, 15) is 9.59 Å². The van der Waals surface area contributed by atoms with E-state index in [-0.39, 0.29) is 18.9 Å². The van der Waals surface area contributed by atoms with Gasteiger partial charge in [-0.05, 0) is 37.3 Å². The number of hydrogen-bond acceptors (Lipinski definition) is 8. The number of carbonyl (C=O) groups is 2. The molecule has 3 aliphatic heterocycles. The first kappa shape index (κ1) is 28.1. The molecule has 0 bridgehead atoms. The van der Waals surface area contributed by atoms with Gasteiger partial charge in [0.05, 0.1) is 43.6 Å². The largest absolute Gasteiger partial charge is 0.463 e. The van der Waals surface area contributed by atoms with E-state index in [1.54, 1.807) is 0 Å². The molecule has 8 nitrogen and oxygen atoms in total. The number of amidine groups is 1. The minimum atomic E-state index is -0.482. The lowest BCUT2D eigenvalue weighted by Crippen LogP contribution is -2.42. The molecule has 0 spiro atoms. The molecule has 1 fully saturated rings. The van der Waals surface area contributed by atoms with E-state index in [0.29, 0.717) is 17.8 Å². The van der Waals surface area contributed by atoms with Crippen LogP contribution in [0, 0.1) is 13.8 Å². The van der Waals surface area contributed by atoms with Crippen molar-refractivity contribution in [2.24, 2.45) is 4.99 Å². The van der Waals surface area contributed by atoms with Crippen molar-refractivity contribution in [3.8, 4) is 0 Å². The fourth-order valence-corrected chi connectivity index (χ4v) is 6.24. The Morgan fingerprint density at radius 2 is 1.90 bits per heavy atom. The molecule has 3 aliphatic rings. The van der Waals surface area contributed by atoms with Crippen LogP contribution >= 0.6 is 11.8 Å². The van der Waals surface area contributed by atoms with Crippen LogP contribution in [0.1, 0.15) is 41.6 Å². The zero-order valence-corrected chi connectivity index (χ0v) is 24.1. The van der Waals surface area contributed by atoms with Crippen LogP contribution in [0.3, 0.4) is 0 Å². The van der Waals surface area contributed by atoms with Crippen molar-refractivity contribution in [1.29, 1.82) is 0 Å². The third-order valence-corrected chi connectivity index (χ3v) is 8.16. The first-order valence-corrected chi connectivity index (χ1v) is 14.7. The maximum atomic E-state index is 13.7. The van der Waals surface area contributed by atoms with Crippen molar-refractivity contribution in [3.63, 3.8) is 0 Å². The third kappa shape index (κ3) is 6.16. The maximum Gasteiger partial charge on any atom is 0.338 e. The Morgan fingerprint density at radius 3 is 2.62 bits per heavy atom. The molecule has 1 amide bonds. The predicted octanol–water partition coefficient (Wildman–Crippen LogP) is 4.42. The summed E-state index contributed by atoms with van der Waals surface area (Å²) in [5.41, 5.74) is 5.93. The zero-order chi connectivity index (χ0) is 28.1. The molecule has 2 aromatic rings. The second-order valence-electron chi connectivity index (χ2n) is 10.1. The predicted molar refractivity (Wildman–Crippen MR) is 158 cm³/mol. The van der Waals surface area contributed by atoms with E-state index in [1.807, 2.05) is 47.6 Å². The maximum absolute atomic E-state index is 13.7. The fourth-order valence-electron chi connectivity index (χ4n) is 5.32. The fraction of sp³-hybridized carbons (Fsp3) is 0.387. The summed E-state index contributed by atoms with van der Waals surface area (Å²) in [6.07, 6.45) is 0.188. The number of morpholine rings is 1. The summed E-state index contributed by atoms with van der Waals surface area (Å²) >= 11 is 1.48. The highest BCUT2D eigenvalue weighted by atomic mass is 32.2. The Labute approximate surface area is 240 Å². The number of nitrogens with one attached hydrogen (secondary N) is 1. The van der Waals surface area contributed by atoms with Crippen LogP contribution in [0.2, 0.25) is 0 Å². The molecule has 0 unspecified atom stereocenters. The van der Waals surface area contributed by atoms with Crippen LogP contribution in [-0.2, 0) is 19.1 Å². The summed E-state index contributed by atoms with van der Waals surface area (Å²) in [4.78, 5) is 36.1. The van der Waals surface area contributed by atoms with Gasteiger partial charge in [-0.15, -0.1) is 0 Å². The first-order chi connectivity index (χ1) is 19.5. The molecular formula is C31H36N4O4S. The monoisotopic (exact) mass is 560 g/mol. The number of aryl methyl sites for hydroxylation is 2. The summed E-state index contributed by atoms with van der Waals surface area (Å²) in [7, 11) is 0. The summed E-state index contributed by atoms with van der Waals surface area (Å²) in [6, 6.07) is 15.5. The minimum Gasteiger partial charge on any atom is -0.463 e. The molecule has 1 atom stereocenters. The third-order valence-electron chi connectivity index (χ3n) is 7.27. The van der Waals surface area contributed by atoms with E-state index in [0.717, 1.165) is 66.0 Å². The van der Waals surface area contributed by atoms with Gasteiger partial charge in [-0.25, -0.2) is 9.79 Å². The van der Waals surface area contributed by atoms with Crippen molar-refractivity contribution in [1.82, 2.24) is 15.1 Å². The van der Waals surface area contributed by atoms with Gasteiger partial charge < -0.3 is 19.7 Å². The molecule has 1 N–H and O–H groups in total. The number of carbonyl (C=O) groups excluding carboxylic acids is 2. The van der Waals surface area contributed by atoms with E-state index in [1.165, 1.54) is 11.8 Å². The SMILES string of the molecule is CCOC(=O)C1=C(c2ccccc2)N=C2SC=C(CC(=O)NCCN3CCOCC3)N2[C@H]1c1ccc(C)cc1C. The summed E-state index contributed by atoms with van der Waals surface area (Å²) in [5.74, 6) is -0.461. The van der Waals surface area contributed by atoms with Crippen LogP contribution < -0.4 is 5.32 Å². The molecule has 0 saturated carbocycles. The van der Waals surface area contributed by atoms with Crippen LogP contribution in [-0.4, -0.2) is 72.8 Å². The first-order valence-electron chi connectivity index (χ1n) is 13.8. The molecule has 0 aromatic heterocycles. The minimum absolute atomic E-state index is 0.0590. The Balaban J connectivity index is 1.47. The number of thioether (sulfide) groups is 1. The molecule has 40 heavy (non-hydrogen) atoms. The highest BCUT2D eigenvalue weighted by Gasteiger charge is 2.42. The van der Waals surface area contributed by atoms with Crippen molar-refractivity contribution >= 4 is 34.5 Å². The Bertz CT molecular complexity index is 1350. The Hall–Kier alpha value is -3.40. The number of benzene rings is 2. The lowest BCUT2D eigenvalue weighted by atomic mass is 9.88. The second-order valence-corrected chi connectivity index (χ2v) is 10.9. The molecule has 3 heterocycles. The Kier molecular flexibility index (Phi) is 9.04. The number of ether oxygens (including phenoxy) is 2. The van der Waals surface area contributed by atoms with Gasteiger partial charge in [0.15, 0.2) is 5.17 Å². The van der Waals surface area contributed by atoms with Gasteiger partial charge >= 0.3 is 5.97 Å². The molecule has 0 radical (unpaired) electrons. The quantitative estimate of drug-likeness (QED) is 0.455. The van der Waals surface area contributed by atoms with Crippen LogP contribution in [0.4, 0.5) is 0 Å². The van der Waals surface area contributed by atoms with E-state index in [2.05, 4.69) is 42.3 Å². The average Bonchev–Trinajstić information content (AvgIpc) is 3.35. The van der Waals surface area contributed by atoms with Gasteiger partial charge in [0.25, 0.3) is 0 Å². The zero-order valence-electron chi connectivity index (χ0n) is 23.3. The number of aliphatic imine (C=N–C) groups is 1. The van der Waals surface area contributed by atoms with Crippen molar-refractivity contribution in [2.45, 2.75) is 33.2 Å². The highest BCUT2D eigenvalue weighted by molar-refractivity contribution is 8.16. The number of hydrogen-bond donors (Lipinski definition) is 1. The lowest BCUT2D eigenvalue weighted by Gasteiger charge is -2.37. The lowest BCUT2D eigenvalue weighted by molar-refractivity contribution is -0.139. The molecule has 210 valence electrons. The molecular weight excluding hydrogens is 524 g/mol. The van der Waals surface area contributed by atoms with E-state index < -0.39 is 12.0 Å². The molecule has 2 aromatic carbocycles. The van der Waals surface area contributed by atoms with Crippen LogP contribution in [0.5, 0.6) is 0 Å². The summed E-state index contributed by atoms with van der Waals surface area (Å²) in [6.45, 7) is 10.8. The van der Waals surface area contributed by atoms with Gasteiger partial charge in [0, 0.05) is 37.4 Å². The number of nitrogens with zero attached hydrogens (tertiary/aromatic N) is 3. The average molecular weight is 561 g/mol. The standard InChI is InChI=1S/C31H36N4O4S/c1-4-39-30(37)27-28(23-8-6-5-7-9-23)33-31-35(29(27)25-11-10-21(2)18-22(25)3)24(20-40-31)19-26(36)32-12-13-34-14-16-38-17-15-34/h5-11,18,20,29H,4,12-17,19H2,1-3H3,(H,32,36)/t29-/m0/s1. The number of amides is 1. The summed E-state index contributed by atoms with van der Waals surface area (Å²) in [5, 5.41) is 5.80. The van der Waals surface area contributed by atoms with Gasteiger partial charge in [-0.3, -0.25) is 9.69 Å². The van der Waals surface area contributed by atoms with Gasteiger partial charge in [0.2, 0.25) is 5.91 Å². The van der Waals surface area contributed by atoms with E-state index in [4.69, 9.17) is 14.5 Å². The van der Waals surface area contributed by atoms with Crippen molar-refractivity contribution in [2.75, 3.05) is 46.0 Å². The van der Waals surface area contributed by atoms with Crippen LogP contribution in [0.15, 0.2) is 70.2 Å². The molecule has 0 aliphatic carbocycles. The van der Waals surface area contributed by atoms with Crippen molar-refractivity contribution < 1.29 is 19.1 Å². The molecule has 1 saturated heterocycles. The Morgan fingerprint density at radius 1 is 1.12 bits per heavy atom. The highest BCUT2D eigenvalue weighted by Crippen LogP contribution is 2.47. The summed E-state index contributed by atoms with van der Waals surface area (Å²) < 4.78 is 11.0. The number of fused-ring (bicyclic) bond motifs is 1. The molecule has 9 heteroatoms. The normalized spacial score (nSPS) is 19.2. The second kappa shape index (κ2) is 12.8. The number of rotatable bonds is 9. The topological polar surface area (TPSA) is 83.5 Å². The van der Waals surface area contributed by atoms with Crippen molar-refractivity contribution in [3.05, 3.63) is 87.5 Å². The van der Waals surface area contributed by atoms with Crippen LogP contribution in [0.25, 0.3) is 5.70 Å². The van der Waals surface area contributed by atoms with Gasteiger partial charge in [0.1, 0.15) is 0 Å².